The molecule has 3 aromatic rings. The second kappa shape index (κ2) is 8.98. The Kier molecular flexibility index (Phi) is 6.16. The zero-order valence-electron chi connectivity index (χ0n) is 16.1. The van der Waals surface area contributed by atoms with Gasteiger partial charge in [-0.15, -0.1) is 11.3 Å². The molecule has 30 heavy (non-hydrogen) atoms. The molecule has 0 atom stereocenters. The number of fused-ring (bicyclic) bond motifs is 1. The molecule has 0 aliphatic carbocycles. The Hall–Kier alpha value is -2.70. The monoisotopic (exact) mass is 442 g/mol. The number of rotatable bonds is 4. The number of hydrogen-bond acceptors (Lipinski definition) is 3. The molecular weight excluding hydrogens is 423 g/mol. The van der Waals surface area contributed by atoms with E-state index in [1.54, 1.807) is 28.4 Å². The van der Waals surface area contributed by atoms with E-state index in [2.05, 4.69) is 5.32 Å². The van der Waals surface area contributed by atoms with E-state index < -0.39 is 0 Å². The number of amides is 2. The minimum atomic E-state index is -0.372. The molecule has 1 N–H and O–H groups in total. The summed E-state index contributed by atoms with van der Waals surface area (Å²) in [6.45, 7) is 1.13. The molecule has 154 valence electrons. The minimum Gasteiger partial charge on any atom is -0.349 e. The van der Waals surface area contributed by atoms with Gasteiger partial charge in [-0.3, -0.25) is 9.59 Å². The average molecular weight is 443 g/mol. The van der Waals surface area contributed by atoms with E-state index in [1.165, 1.54) is 24.3 Å². The van der Waals surface area contributed by atoms with Gasteiger partial charge in [0.2, 0.25) is 5.91 Å². The number of nitrogens with one attached hydrogen (secondary N) is 1. The van der Waals surface area contributed by atoms with Gasteiger partial charge in [0.1, 0.15) is 5.82 Å². The summed E-state index contributed by atoms with van der Waals surface area (Å²) >= 11 is 7.98. The molecule has 7 heteroatoms. The quantitative estimate of drug-likeness (QED) is 0.569. The molecule has 2 heterocycles. The second-order valence-electron chi connectivity index (χ2n) is 7.19. The molecular formula is C23H20ClFN2O2S. The van der Waals surface area contributed by atoms with Crippen LogP contribution in [0, 0.1) is 5.82 Å². The molecule has 1 aliphatic heterocycles. The van der Waals surface area contributed by atoms with E-state index in [0.29, 0.717) is 36.5 Å². The molecule has 4 rings (SSSR count). The molecule has 1 aliphatic rings. The summed E-state index contributed by atoms with van der Waals surface area (Å²) in [5.41, 5.74) is 0.429. The van der Waals surface area contributed by atoms with Gasteiger partial charge >= 0.3 is 0 Å². The Morgan fingerprint density at radius 2 is 1.80 bits per heavy atom. The van der Waals surface area contributed by atoms with Gasteiger partial charge in [0.15, 0.2) is 0 Å². The summed E-state index contributed by atoms with van der Waals surface area (Å²) in [4.78, 5) is 27.5. The fraction of sp³-hybridized carbons (Fsp3) is 0.217. The van der Waals surface area contributed by atoms with E-state index in [4.69, 9.17) is 11.6 Å². The van der Waals surface area contributed by atoms with Crippen molar-refractivity contribution >= 4 is 50.9 Å². The number of halogens is 2. The van der Waals surface area contributed by atoms with Gasteiger partial charge in [-0.1, -0.05) is 29.8 Å². The van der Waals surface area contributed by atoms with Crippen LogP contribution in [-0.4, -0.2) is 35.8 Å². The highest BCUT2D eigenvalue weighted by molar-refractivity contribution is 7.20. The number of piperidine rings is 1. The highest BCUT2D eigenvalue weighted by Gasteiger charge is 2.23. The summed E-state index contributed by atoms with van der Waals surface area (Å²) in [6.07, 6.45) is 4.69. The Morgan fingerprint density at radius 3 is 2.50 bits per heavy atom. The first-order valence-corrected chi connectivity index (χ1v) is 10.9. The molecule has 1 aromatic heterocycles. The van der Waals surface area contributed by atoms with Crippen LogP contribution in [0.2, 0.25) is 5.02 Å². The van der Waals surface area contributed by atoms with Crippen molar-refractivity contribution in [1.82, 2.24) is 10.2 Å². The van der Waals surface area contributed by atoms with Crippen molar-refractivity contribution in [3.8, 4) is 0 Å². The van der Waals surface area contributed by atoms with Crippen molar-refractivity contribution in [3.05, 3.63) is 75.9 Å². The van der Waals surface area contributed by atoms with Crippen LogP contribution in [-0.2, 0) is 4.79 Å². The second-order valence-corrected chi connectivity index (χ2v) is 8.65. The summed E-state index contributed by atoms with van der Waals surface area (Å²) < 4.78 is 14.1. The molecule has 4 nitrogen and oxygen atoms in total. The topological polar surface area (TPSA) is 49.4 Å². The number of carbonyl (C=O) groups is 2. The van der Waals surface area contributed by atoms with Crippen molar-refractivity contribution in [2.45, 2.75) is 18.9 Å². The summed E-state index contributed by atoms with van der Waals surface area (Å²) in [5.74, 6) is -0.658. The zero-order valence-corrected chi connectivity index (χ0v) is 17.7. The highest BCUT2D eigenvalue weighted by Crippen LogP contribution is 2.35. The van der Waals surface area contributed by atoms with Gasteiger partial charge in [-0.05, 0) is 49.2 Å². The maximum absolute atomic E-state index is 13.0. The fourth-order valence-corrected chi connectivity index (χ4v) is 4.91. The molecule has 0 radical (unpaired) electrons. The lowest BCUT2D eigenvalue weighted by Gasteiger charge is -2.31. The normalized spacial score (nSPS) is 15.1. The number of carbonyl (C=O) groups excluding carboxylic acids is 2. The Labute approximate surface area is 183 Å². The van der Waals surface area contributed by atoms with Crippen LogP contribution in [0.25, 0.3) is 16.2 Å². The van der Waals surface area contributed by atoms with Crippen molar-refractivity contribution < 1.29 is 14.0 Å². The van der Waals surface area contributed by atoms with E-state index >= 15 is 0 Å². The predicted molar refractivity (Wildman–Crippen MR) is 119 cm³/mol. The van der Waals surface area contributed by atoms with Crippen LogP contribution < -0.4 is 5.32 Å². The third-order valence-electron chi connectivity index (χ3n) is 5.19. The first kappa shape index (κ1) is 20.6. The number of hydrogen-bond donors (Lipinski definition) is 1. The first-order chi connectivity index (χ1) is 14.5. The third-order valence-corrected chi connectivity index (χ3v) is 6.84. The lowest BCUT2D eigenvalue weighted by molar-refractivity contribution is -0.126. The summed E-state index contributed by atoms with van der Waals surface area (Å²) in [7, 11) is 0. The molecule has 0 bridgehead atoms. The number of nitrogens with zero attached hydrogens (tertiary/aromatic N) is 1. The average Bonchev–Trinajstić information content (AvgIpc) is 3.09. The van der Waals surface area contributed by atoms with Crippen molar-refractivity contribution in [2.24, 2.45) is 0 Å². The van der Waals surface area contributed by atoms with Crippen molar-refractivity contribution in [1.29, 1.82) is 0 Å². The predicted octanol–water partition coefficient (Wildman–Crippen LogP) is 5.13. The minimum absolute atomic E-state index is 0.00683. The lowest BCUT2D eigenvalue weighted by Crippen LogP contribution is -2.46. The summed E-state index contributed by atoms with van der Waals surface area (Å²) in [5, 5.41) is 4.62. The van der Waals surface area contributed by atoms with Gasteiger partial charge in [-0.2, -0.15) is 0 Å². The van der Waals surface area contributed by atoms with Gasteiger partial charge in [0.05, 0.1) is 5.02 Å². The van der Waals surface area contributed by atoms with Crippen LogP contribution >= 0.6 is 22.9 Å². The standard InChI is InChI=1S/C23H20ClFN2O2S/c24-22-18-3-1-2-4-19(18)30-20(22)9-10-21(28)27-13-11-17(12-14-27)26-23(29)15-5-7-16(25)8-6-15/h1-10,17H,11-14H2,(H,26,29)/b10-9+. The highest BCUT2D eigenvalue weighted by atomic mass is 35.5. The first-order valence-electron chi connectivity index (χ1n) is 9.72. The maximum Gasteiger partial charge on any atom is 0.251 e. The van der Waals surface area contributed by atoms with E-state index in [9.17, 15) is 14.0 Å². The Balaban J connectivity index is 1.31. The SMILES string of the molecule is O=C(NC1CCN(C(=O)/C=C/c2sc3ccccc3c2Cl)CC1)c1ccc(F)cc1. The molecule has 2 amide bonds. The molecule has 1 saturated heterocycles. The van der Waals surface area contributed by atoms with Crippen LogP contribution in [0.15, 0.2) is 54.6 Å². The zero-order chi connectivity index (χ0) is 21.1. The van der Waals surface area contributed by atoms with Crippen molar-refractivity contribution in [2.75, 3.05) is 13.1 Å². The number of likely N-dealkylation sites (tertiary alicyclic amines) is 1. The fourth-order valence-electron chi connectivity index (χ4n) is 3.51. The van der Waals surface area contributed by atoms with Crippen LogP contribution in [0.5, 0.6) is 0 Å². The van der Waals surface area contributed by atoms with Crippen LogP contribution in [0.1, 0.15) is 28.1 Å². The summed E-state index contributed by atoms with van der Waals surface area (Å²) in [6, 6.07) is 13.4. The maximum atomic E-state index is 13.0. The Morgan fingerprint density at radius 1 is 1.10 bits per heavy atom. The molecule has 0 saturated carbocycles. The number of benzene rings is 2. The molecule has 0 spiro atoms. The van der Waals surface area contributed by atoms with Crippen molar-refractivity contribution in [3.63, 3.8) is 0 Å². The van der Waals surface area contributed by atoms with E-state index in [0.717, 1.165) is 15.0 Å². The largest absolute Gasteiger partial charge is 0.349 e. The van der Waals surface area contributed by atoms with Gasteiger partial charge < -0.3 is 10.2 Å². The lowest BCUT2D eigenvalue weighted by atomic mass is 10.0. The molecule has 1 fully saturated rings. The van der Waals surface area contributed by atoms with E-state index in [1.807, 2.05) is 24.3 Å². The van der Waals surface area contributed by atoms with Crippen LogP contribution in [0.4, 0.5) is 4.39 Å². The Bertz CT molecular complexity index is 1100. The molecule has 2 aromatic carbocycles. The van der Waals surface area contributed by atoms with Crippen LogP contribution in [0.3, 0.4) is 0 Å². The number of thiophene rings is 1. The van der Waals surface area contributed by atoms with Gasteiger partial charge in [-0.25, -0.2) is 4.39 Å². The smallest absolute Gasteiger partial charge is 0.251 e. The van der Waals surface area contributed by atoms with Gasteiger partial charge in [0.25, 0.3) is 5.91 Å². The van der Waals surface area contributed by atoms with Gasteiger partial charge in [0, 0.05) is 45.7 Å². The molecule has 0 unspecified atom stereocenters. The van der Waals surface area contributed by atoms with E-state index in [-0.39, 0.29) is 23.7 Å². The third kappa shape index (κ3) is 4.55.